The Morgan fingerprint density at radius 3 is 2.26 bits per heavy atom. The largest absolute Gasteiger partial charge is 0.347 e. The molecule has 4 rings (SSSR count). The molecular formula is C18H27N3O5S. The molecule has 9 heteroatoms. The van der Waals surface area contributed by atoms with Crippen molar-refractivity contribution in [1.29, 1.82) is 0 Å². The fourth-order valence-corrected chi connectivity index (χ4v) is 5.92. The van der Waals surface area contributed by atoms with Crippen molar-refractivity contribution < 1.29 is 22.7 Å². The monoisotopic (exact) mass is 397 g/mol. The van der Waals surface area contributed by atoms with Crippen LogP contribution in [-0.4, -0.2) is 73.3 Å². The second kappa shape index (κ2) is 6.88. The fourth-order valence-electron chi connectivity index (χ4n) is 4.21. The van der Waals surface area contributed by atoms with Crippen molar-refractivity contribution in [3.63, 3.8) is 0 Å². The van der Waals surface area contributed by atoms with Crippen molar-refractivity contribution in [2.45, 2.75) is 43.3 Å². The van der Waals surface area contributed by atoms with Crippen LogP contribution in [0.5, 0.6) is 0 Å². The topological polar surface area (TPSA) is 81.1 Å². The first-order valence-corrected chi connectivity index (χ1v) is 11.0. The minimum Gasteiger partial charge on any atom is -0.347 e. The quantitative estimate of drug-likeness (QED) is 0.763. The van der Waals surface area contributed by atoms with Crippen LogP contribution in [-0.2, 0) is 26.5 Å². The smallest absolute Gasteiger partial charge is 0.270 e. The van der Waals surface area contributed by atoms with E-state index in [-0.39, 0.29) is 10.8 Å². The molecule has 0 aromatic carbocycles. The van der Waals surface area contributed by atoms with Crippen molar-refractivity contribution in [1.82, 2.24) is 13.8 Å². The second-order valence-electron chi connectivity index (χ2n) is 7.55. The van der Waals surface area contributed by atoms with E-state index in [9.17, 15) is 13.2 Å². The third-order valence-electron chi connectivity index (χ3n) is 6.02. The summed E-state index contributed by atoms with van der Waals surface area (Å²) < 4.78 is 41.0. The fraction of sp³-hybridized carbons (Fsp3) is 0.722. The van der Waals surface area contributed by atoms with Gasteiger partial charge in [0.25, 0.3) is 5.91 Å². The minimum atomic E-state index is -3.67. The van der Waals surface area contributed by atoms with Crippen molar-refractivity contribution in [3.05, 3.63) is 17.5 Å². The van der Waals surface area contributed by atoms with Gasteiger partial charge >= 0.3 is 0 Å². The average molecular weight is 397 g/mol. The Bertz CT molecular complexity index is 825. The van der Waals surface area contributed by atoms with Gasteiger partial charge in [0.1, 0.15) is 10.6 Å². The normalized spacial score (nSPS) is 23.4. The third kappa shape index (κ3) is 3.20. The first kappa shape index (κ1) is 18.9. The molecular weight excluding hydrogens is 370 g/mol. The van der Waals surface area contributed by atoms with Gasteiger partial charge in [-0.3, -0.25) is 4.79 Å². The molecule has 1 aromatic heterocycles. The van der Waals surface area contributed by atoms with Crippen molar-refractivity contribution in [2.75, 3.05) is 39.4 Å². The molecule has 0 unspecified atom stereocenters. The number of carbonyl (C=O) groups excluding carboxylic acids is 1. The molecule has 3 saturated heterocycles. The average Bonchev–Trinajstić information content (AvgIpc) is 3.38. The minimum absolute atomic E-state index is 0.0927. The molecule has 0 radical (unpaired) electrons. The van der Waals surface area contributed by atoms with Crippen LogP contribution < -0.4 is 0 Å². The zero-order valence-electron chi connectivity index (χ0n) is 15.9. The Morgan fingerprint density at radius 2 is 1.67 bits per heavy atom. The van der Waals surface area contributed by atoms with E-state index in [0.717, 1.165) is 25.9 Å². The molecule has 3 fully saturated rings. The van der Waals surface area contributed by atoms with Crippen molar-refractivity contribution in [2.24, 2.45) is 7.05 Å². The molecule has 3 aliphatic heterocycles. The number of amides is 1. The molecule has 1 aromatic rings. The maximum absolute atomic E-state index is 13.2. The number of hydrogen-bond donors (Lipinski definition) is 0. The summed E-state index contributed by atoms with van der Waals surface area (Å²) in [6, 6.07) is 1.54. The summed E-state index contributed by atoms with van der Waals surface area (Å²) in [6.07, 6.45) is 3.05. The lowest BCUT2D eigenvalue weighted by atomic mass is 10.1. The number of hydrogen-bond acceptors (Lipinski definition) is 5. The van der Waals surface area contributed by atoms with E-state index in [1.807, 2.05) is 0 Å². The molecule has 1 spiro atoms. The zero-order chi connectivity index (χ0) is 19.2. The molecule has 27 heavy (non-hydrogen) atoms. The van der Waals surface area contributed by atoms with Crippen molar-refractivity contribution >= 4 is 15.9 Å². The summed E-state index contributed by atoms with van der Waals surface area (Å²) in [5, 5.41) is 0. The molecule has 0 N–H and O–H groups in total. The van der Waals surface area contributed by atoms with Crippen LogP contribution >= 0.6 is 0 Å². The van der Waals surface area contributed by atoms with E-state index in [4.69, 9.17) is 9.47 Å². The van der Waals surface area contributed by atoms with Gasteiger partial charge in [-0.1, -0.05) is 0 Å². The van der Waals surface area contributed by atoms with E-state index < -0.39 is 15.8 Å². The van der Waals surface area contributed by atoms with E-state index in [0.29, 0.717) is 50.5 Å². The highest BCUT2D eigenvalue weighted by Gasteiger charge is 2.43. The SMILES string of the molecule is Cc1c(S(=O)(=O)N2CCC3(CC2)OCCO3)cc(C(=O)N2CCCC2)n1C. The number of piperidine rings is 1. The number of sulfonamides is 1. The summed E-state index contributed by atoms with van der Waals surface area (Å²) in [6.45, 7) is 5.05. The lowest BCUT2D eigenvalue weighted by Crippen LogP contribution is -2.47. The van der Waals surface area contributed by atoms with Gasteiger partial charge in [-0.05, 0) is 25.8 Å². The molecule has 4 heterocycles. The number of nitrogens with zero attached hydrogens (tertiary/aromatic N) is 3. The van der Waals surface area contributed by atoms with Crippen molar-refractivity contribution in [3.8, 4) is 0 Å². The predicted octanol–water partition coefficient (Wildman–Crippen LogP) is 1.10. The standard InChI is InChI=1S/C18H27N3O5S/c1-14-16(13-15(19(14)2)17(22)20-7-3-4-8-20)27(23,24)21-9-5-18(6-10-21)25-11-12-26-18/h13H,3-12H2,1-2H3. The van der Waals surface area contributed by atoms with E-state index in [1.54, 1.807) is 23.4 Å². The zero-order valence-corrected chi connectivity index (χ0v) is 16.8. The maximum Gasteiger partial charge on any atom is 0.270 e. The Kier molecular flexibility index (Phi) is 4.82. The van der Waals surface area contributed by atoms with Gasteiger partial charge in [-0.25, -0.2) is 8.42 Å². The highest BCUT2D eigenvalue weighted by molar-refractivity contribution is 7.89. The molecule has 150 valence electrons. The number of carbonyl (C=O) groups is 1. The maximum atomic E-state index is 13.2. The van der Waals surface area contributed by atoms with Crippen LogP contribution in [0.25, 0.3) is 0 Å². The first-order valence-electron chi connectivity index (χ1n) is 9.58. The molecule has 0 saturated carbocycles. The van der Waals surface area contributed by atoms with Gasteiger partial charge in [-0.15, -0.1) is 0 Å². The summed E-state index contributed by atoms with van der Waals surface area (Å²) in [5.41, 5.74) is 1.02. The van der Waals surface area contributed by atoms with Gasteiger partial charge in [-0.2, -0.15) is 4.31 Å². The second-order valence-corrected chi connectivity index (χ2v) is 9.46. The van der Waals surface area contributed by atoms with Gasteiger partial charge in [0.15, 0.2) is 5.79 Å². The van der Waals surface area contributed by atoms with Crippen LogP contribution in [0.2, 0.25) is 0 Å². The van der Waals surface area contributed by atoms with E-state index in [1.165, 1.54) is 10.4 Å². The van der Waals surface area contributed by atoms with Gasteiger partial charge in [0.05, 0.1) is 13.2 Å². The predicted molar refractivity (Wildman–Crippen MR) is 97.9 cm³/mol. The number of likely N-dealkylation sites (tertiary alicyclic amines) is 1. The van der Waals surface area contributed by atoms with E-state index in [2.05, 4.69) is 0 Å². The van der Waals surface area contributed by atoms with Crippen LogP contribution in [0.4, 0.5) is 0 Å². The Balaban J connectivity index is 1.57. The third-order valence-corrected chi connectivity index (χ3v) is 8.03. The van der Waals surface area contributed by atoms with Gasteiger partial charge < -0.3 is 18.9 Å². The van der Waals surface area contributed by atoms with Crippen LogP contribution in [0.15, 0.2) is 11.0 Å². The highest BCUT2D eigenvalue weighted by Crippen LogP contribution is 2.34. The molecule has 0 bridgehead atoms. The lowest BCUT2D eigenvalue weighted by Gasteiger charge is -2.36. The molecule has 8 nitrogen and oxygen atoms in total. The molecule has 3 aliphatic rings. The molecule has 0 atom stereocenters. The summed E-state index contributed by atoms with van der Waals surface area (Å²) in [5.74, 6) is -0.709. The van der Waals surface area contributed by atoms with Crippen LogP contribution in [0.3, 0.4) is 0 Å². The van der Waals surface area contributed by atoms with Crippen LogP contribution in [0.1, 0.15) is 41.9 Å². The Morgan fingerprint density at radius 1 is 1.07 bits per heavy atom. The number of aromatic nitrogens is 1. The van der Waals surface area contributed by atoms with Gasteiger partial charge in [0.2, 0.25) is 10.0 Å². The summed E-state index contributed by atoms with van der Waals surface area (Å²) >= 11 is 0. The Labute approximate surface area is 160 Å². The number of rotatable bonds is 3. The highest BCUT2D eigenvalue weighted by atomic mass is 32.2. The molecule has 0 aliphatic carbocycles. The first-order chi connectivity index (χ1) is 12.8. The summed E-state index contributed by atoms with van der Waals surface area (Å²) in [7, 11) is -1.91. The van der Waals surface area contributed by atoms with Gasteiger partial charge in [0, 0.05) is 51.8 Å². The van der Waals surface area contributed by atoms with Crippen LogP contribution in [0, 0.1) is 6.92 Å². The lowest BCUT2D eigenvalue weighted by molar-refractivity contribution is -0.179. The number of ether oxygens (including phenoxy) is 2. The Hall–Kier alpha value is -1.42. The van der Waals surface area contributed by atoms with E-state index >= 15 is 0 Å². The molecule has 1 amide bonds. The summed E-state index contributed by atoms with van der Waals surface area (Å²) in [4.78, 5) is 14.8.